The van der Waals surface area contributed by atoms with Crippen LogP contribution >= 0.6 is 0 Å². The topological polar surface area (TPSA) is 57.8 Å². The van der Waals surface area contributed by atoms with Gasteiger partial charge in [-0.2, -0.15) is 18.3 Å². The molecule has 0 bridgehead atoms. The highest BCUT2D eigenvalue weighted by Crippen LogP contribution is 2.32. The monoisotopic (exact) mass is 457 g/mol. The first kappa shape index (κ1) is 22.2. The van der Waals surface area contributed by atoms with Crippen molar-refractivity contribution in [1.82, 2.24) is 15.5 Å². The van der Waals surface area contributed by atoms with E-state index in [1.54, 1.807) is 18.2 Å². The molecule has 1 heterocycles. The second-order valence-corrected chi connectivity index (χ2v) is 7.22. The van der Waals surface area contributed by atoms with E-state index in [0.717, 1.165) is 18.2 Å². The molecule has 0 aliphatic carbocycles. The van der Waals surface area contributed by atoms with Crippen molar-refractivity contribution < 1.29 is 26.7 Å². The van der Waals surface area contributed by atoms with Gasteiger partial charge < -0.3 is 5.32 Å². The van der Waals surface area contributed by atoms with Gasteiger partial charge in [-0.1, -0.05) is 36.4 Å². The zero-order valence-corrected chi connectivity index (χ0v) is 16.9. The Hall–Kier alpha value is -4.01. The summed E-state index contributed by atoms with van der Waals surface area (Å²) in [4.78, 5) is 12.3. The predicted octanol–water partition coefficient (Wildman–Crippen LogP) is 5.97. The first-order chi connectivity index (χ1) is 15.7. The van der Waals surface area contributed by atoms with Crippen LogP contribution in [0, 0.1) is 11.6 Å². The molecule has 0 saturated heterocycles. The lowest BCUT2D eigenvalue weighted by atomic mass is 10.1. The van der Waals surface area contributed by atoms with Gasteiger partial charge >= 0.3 is 6.18 Å². The molecule has 0 atom stereocenters. The Labute approximate surface area is 185 Å². The van der Waals surface area contributed by atoms with Gasteiger partial charge in [-0.25, -0.2) is 8.78 Å². The summed E-state index contributed by atoms with van der Waals surface area (Å²) >= 11 is 0. The molecule has 0 spiro atoms. The fourth-order valence-electron chi connectivity index (χ4n) is 3.24. The molecule has 3 aromatic carbocycles. The number of carbonyl (C=O) groups excluding carboxylic acids is 1. The minimum Gasteiger partial charge on any atom is -0.348 e. The largest absolute Gasteiger partial charge is 0.416 e. The minimum absolute atomic E-state index is 0.0274. The van der Waals surface area contributed by atoms with E-state index in [4.69, 9.17) is 0 Å². The lowest BCUT2D eigenvalue weighted by Gasteiger charge is -2.07. The Morgan fingerprint density at radius 3 is 2.36 bits per heavy atom. The SMILES string of the molecule is O=C(NCc1cccc(F)c1F)c1ccc(-c2cc(-c3cccc(C(F)(F)F)c3)n[nH]2)cc1. The van der Waals surface area contributed by atoms with E-state index in [1.165, 1.54) is 36.4 Å². The van der Waals surface area contributed by atoms with Crippen LogP contribution in [0.15, 0.2) is 72.8 Å². The number of hydrogen-bond donors (Lipinski definition) is 2. The van der Waals surface area contributed by atoms with Crippen LogP contribution in [0.3, 0.4) is 0 Å². The number of alkyl halides is 3. The molecule has 168 valence electrons. The summed E-state index contributed by atoms with van der Waals surface area (Å²) in [6, 6.07) is 16.5. The molecular formula is C24H16F5N3O. The van der Waals surface area contributed by atoms with E-state index in [-0.39, 0.29) is 12.1 Å². The number of H-pyrrole nitrogens is 1. The van der Waals surface area contributed by atoms with Crippen LogP contribution in [-0.4, -0.2) is 16.1 Å². The number of amides is 1. The molecule has 1 aromatic heterocycles. The molecule has 4 aromatic rings. The molecule has 4 rings (SSSR count). The Bertz CT molecular complexity index is 1300. The van der Waals surface area contributed by atoms with Crippen LogP contribution in [-0.2, 0) is 12.7 Å². The van der Waals surface area contributed by atoms with E-state index < -0.39 is 29.3 Å². The summed E-state index contributed by atoms with van der Waals surface area (Å²) in [6.45, 7) is -0.176. The number of carbonyl (C=O) groups is 1. The van der Waals surface area contributed by atoms with Crippen LogP contribution in [0.5, 0.6) is 0 Å². The Balaban J connectivity index is 1.46. The Morgan fingerprint density at radius 1 is 0.909 bits per heavy atom. The third-order valence-corrected chi connectivity index (χ3v) is 4.99. The lowest BCUT2D eigenvalue weighted by molar-refractivity contribution is -0.137. The van der Waals surface area contributed by atoms with Gasteiger partial charge in [0.15, 0.2) is 11.6 Å². The molecule has 0 aliphatic heterocycles. The molecule has 0 aliphatic rings. The van der Waals surface area contributed by atoms with Gasteiger partial charge in [0.1, 0.15) is 0 Å². The highest BCUT2D eigenvalue weighted by atomic mass is 19.4. The van der Waals surface area contributed by atoms with Gasteiger partial charge in [-0.3, -0.25) is 9.89 Å². The average molecular weight is 457 g/mol. The summed E-state index contributed by atoms with van der Waals surface area (Å²) in [5.74, 6) is -2.47. The molecule has 33 heavy (non-hydrogen) atoms. The van der Waals surface area contributed by atoms with Crippen molar-refractivity contribution in [3.05, 3.63) is 101 Å². The lowest BCUT2D eigenvalue weighted by Crippen LogP contribution is -2.23. The van der Waals surface area contributed by atoms with Crippen molar-refractivity contribution in [2.24, 2.45) is 0 Å². The quantitative estimate of drug-likeness (QED) is 0.363. The van der Waals surface area contributed by atoms with Crippen molar-refractivity contribution in [3.8, 4) is 22.5 Å². The standard InChI is InChI=1S/C24H16F5N3O/c25-19-6-2-4-17(22(19)26)13-30-23(33)15-9-7-14(8-10-15)20-12-21(32-31-20)16-3-1-5-18(11-16)24(27,28)29/h1-12H,13H2,(H,30,33)(H,31,32). The van der Waals surface area contributed by atoms with Gasteiger partial charge in [0.25, 0.3) is 5.91 Å². The number of nitrogens with one attached hydrogen (secondary N) is 2. The summed E-state index contributed by atoms with van der Waals surface area (Å²) in [6.07, 6.45) is -4.45. The molecule has 0 saturated carbocycles. The second-order valence-electron chi connectivity index (χ2n) is 7.22. The van der Waals surface area contributed by atoms with E-state index in [9.17, 15) is 26.7 Å². The zero-order chi connectivity index (χ0) is 23.6. The maximum Gasteiger partial charge on any atom is 0.416 e. The fraction of sp³-hybridized carbons (Fsp3) is 0.0833. The Morgan fingerprint density at radius 2 is 1.64 bits per heavy atom. The van der Waals surface area contributed by atoms with Crippen molar-refractivity contribution >= 4 is 5.91 Å². The number of nitrogens with zero attached hydrogens (tertiary/aromatic N) is 1. The summed E-state index contributed by atoms with van der Waals surface area (Å²) in [5.41, 5.74) is 1.43. The van der Waals surface area contributed by atoms with Gasteiger partial charge in [0, 0.05) is 23.2 Å². The molecule has 2 N–H and O–H groups in total. The summed E-state index contributed by atoms with van der Waals surface area (Å²) in [7, 11) is 0. The van der Waals surface area contributed by atoms with Crippen LogP contribution < -0.4 is 5.32 Å². The highest BCUT2D eigenvalue weighted by Gasteiger charge is 2.30. The van der Waals surface area contributed by atoms with Crippen LogP contribution in [0.1, 0.15) is 21.5 Å². The first-order valence-electron chi connectivity index (χ1n) is 9.77. The normalized spacial score (nSPS) is 11.4. The molecule has 0 unspecified atom stereocenters. The third-order valence-electron chi connectivity index (χ3n) is 4.99. The van der Waals surface area contributed by atoms with Gasteiger partial charge in [-0.05, 0) is 42.0 Å². The predicted molar refractivity (Wildman–Crippen MR) is 112 cm³/mol. The fourth-order valence-corrected chi connectivity index (χ4v) is 3.24. The molecule has 4 nitrogen and oxygen atoms in total. The number of hydrogen-bond acceptors (Lipinski definition) is 2. The molecule has 1 amide bonds. The number of rotatable bonds is 5. The van der Waals surface area contributed by atoms with E-state index in [2.05, 4.69) is 15.5 Å². The molecule has 0 radical (unpaired) electrons. The zero-order valence-electron chi connectivity index (χ0n) is 16.9. The van der Waals surface area contributed by atoms with E-state index >= 15 is 0 Å². The van der Waals surface area contributed by atoms with Crippen molar-refractivity contribution in [1.29, 1.82) is 0 Å². The second kappa shape index (κ2) is 8.85. The van der Waals surface area contributed by atoms with E-state index in [1.807, 2.05) is 0 Å². The summed E-state index contributed by atoms with van der Waals surface area (Å²) < 4.78 is 65.8. The maximum absolute atomic E-state index is 13.7. The molecular weight excluding hydrogens is 441 g/mol. The van der Waals surface area contributed by atoms with Crippen LogP contribution in [0.4, 0.5) is 22.0 Å². The minimum atomic E-state index is -4.45. The maximum atomic E-state index is 13.7. The smallest absolute Gasteiger partial charge is 0.348 e. The Kier molecular flexibility index (Phi) is 5.95. The van der Waals surface area contributed by atoms with Gasteiger partial charge in [-0.15, -0.1) is 0 Å². The number of aromatic nitrogens is 2. The van der Waals surface area contributed by atoms with Crippen molar-refractivity contribution in [3.63, 3.8) is 0 Å². The highest BCUT2D eigenvalue weighted by molar-refractivity contribution is 5.94. The van der Waals surface area contributed by atoms with Gasteiger partial charge in [0.05, 0.1) is 17.0 Å². The third kappa shape index (κ3) is 4.92. The first-order valence-corrected chi connectivity index (χ1v) is 9.77. The number of aromatic amines is 1. The van der Waals surface area contributed by atoms with Crippen molar-refractivity contribution in [2.45, 2.75) is 12.7 Å². The average Bonchev–Trinajstić information content (AvgIpc) is 3.30. The van der Waals surface area contributed by atoms with Crippen LogP contribution in [0.2, 0.25) is 0 Å². The summed E-state index contributed by atoms with van der Waals surface area (Å²) in [5, 5.41) is 9.39. The van der Waals surface area contributed by atoms with Crippen molar-refractivity contribution in [2.75, 3.05) is 0 Å². The number of halogens is 5. The van der Waals surface area contributed by atoms with E-state index in [0.29, 0.717) is 28.1 Å². The molecule has 0 fully saturated rings. The number of benzene rings is 3. The molecule has 9 heteroatoms. The van der Waals surface area contributed by atoms with Gasteiger partial charge in [0.2, 0.25) is 0 Å². The van der Waals surface area contributed by atoms with Crippen LogP contribution in [0.25, 0.3) is 22.5 Å².